The minimum Gasteiger partial charge on any atom is -0.342 e. The molecule has 0 bridgehead atoms. The standard InChI is InChI=1S/C27H37FN4O3/c1-30(2)15-16-32-25(34)27(29-26(32)35,19-21-9-6-10-23(28)17-21)22-11-13-31(14-12-22)24(33)18-20-7-4-3-5-8-20/h6-7,9-10,17,22H,3-5,8,11-16,18-19H2,1-2H3,(H,29,35). The van der Waals surface area contributed by atoms with E-state index in [2.05, 4.69) is 11.4 Å². The van der Waals surface area contributed by atoms with Crippen LogP contribution < -0.4 is 5.32 Å². The fraction of sp³-hybridized carbons (Fsp3) is 0.593. The summed E-state index contributed by atoms with van der Waals surface area (Å²) in [6.45, 7) is 1.98. The average molecular weight is 485 g/mol. The van der Waals surface area contributed by atoms with Crippen molar-refractivity contribution >= 4 is 17.8 Å². The minimum absolute atomic E-state index is 0.135. The Labute approximate surface area is 207 Å². The van der Waals surface area contributed by atoms with Gasteiger partial charge in [0.15, 0.2) is 0 Å². The lowest BCUT2D eigenvalue weighted by Crippen LogP contribution is -2.58. The number of amides is 4. The second-order valence-electron chi connectivity index (χ2n) is 10.4. The van der Waals surface area contributed by atoms with Crippen LogP contribution in [0.1, 0.15) is 50.5 Å². The van der Waals surface area contributed by atoms with Crippen molar-refractivity contribution in [3.8, 4) is 0 Å². The lowest BCUT2D eigenvalue weighted by Gasteiger charge is -2.41. The van der Waals surface area contributed by atoms with Gasteiger partial charge >= 0.3 is 6.03 Å². The number of allylic oxidation sites excluding steroid dienone is 1. The number of likely N-dealkylation sites (tertiary alicyclic amines) is 1. The Morgan fingerprint density at radius 2 is 1.97 bits per heavy atom. The molecule has 2 saturated heterocycles. The molecule has 2 aliphatic heterocycles. The summed E-state index contributed by atoms with van der Waals surface area (Å²) in [6.07, 6.45) is 8.56. The van der Waals surface area contributed by atoms with Gasteiger partial charge < -0.3 is 15.1 Å². The molecule has 0 spiro atoms. The first kappa shape index (κ1) is 25.4. The number of hydrogen-bond donors (Lipinski definition) is 1. The number of hydrogen-bond acceptors (Lipinski definition) is 4. The number of halogens is 1. The first-order valence-corrected chi connectivity index (χ1v) is 12.8. The zero-order valence-corrected chi connectivity index (χ0v) is 20.9. The maximum atomic E-state index is 14.0. The Balaban J connectivity index is 1.50. The summed E-state index contributed by atoms with van der Waals surface area (Å²) in [5, 5.41) is 3.02. The van der Waals surface area contributed by atoms with Crippen LogP contribution in [0.3, 0.4) is 0 Å². The highest BCUT2D eigenvalue weighted by Gasteiger charge is 2.55. The highest BCUT2D eigenvalue weighted by molar-refractivity contribution is 6.07. The molecule has 2 heterocycles. The van der Waals surface area contributed by atoms with E-state index in [0.29, 0.717) is 51.0 Å². The highest BCUT2D eigenvalue weighted by Crippen LogP contribution is 2.37. The Bertz CT molecular complexity index is 986. The van der Waals surface area contributed by atoms with Crippen molar-refractivity contribution in [1.82, 2.24) is 20.0 Å². The third-order valence-electron chi connectivity index (χ3n) is 7.65. The number of carbonyl (C=O) groups excluding carboxylic acids is 3. The van der Waals surface area contributed by atoms with Crippen LogP contribution in [0.4, 0.5) is 9.18 Å². The van der Waals surface area contributed by atoms with Gasteiger partial charge in [0.2, 0.25) is 5.91 Å². The number of likely N-dealkylation sites (N-methyl/N-ethyl adjacent to an activating group) is 1. The van der Waals surface area contributed by atoms with Crippen molar-refractivity contribution in [2.75, 3.05) is 40.3 Å². The van der Waals surface area contributed by atoms with Crippen LogP contribution in [0.25, 0.3) is 0 Å². The SMILES string of the molecule is CN(C)CCN1C(=O)NC(Cc2cccc(F)c2)(C2CCN(C(=O)CC3=CCCCC3)CC2)C1=O. The van der Waals surface area contributed by atoms with Crippen molar-refractivity contribution < 1.29 is 18.8 Å². The van der Waals surface area contributed by atoms with Gasteiger partial charge in [-0.25, -0.2) is 9.18 Å². The number of imide groups is 1. The number of nitrogens with zero attached hydrogens (tertiary/aromatic N) is 3. The summed E-state index contributed by atoms with van der Waals surface area (Å²) in [5.74, 6) is -0.600. The molecule has 7 nitrogen and oxygen atoms in total. The average Bonchev–Trinajstić information content (AvgIpc) is 3.08. The molecule has 4 rings (SSSR count). The summed E-state index contributed by atoms with van der Waals surface area (Å²) < 4.78 is 14.0. The molecular formula is C27H37FN4O3. The van der Waals surface area contributed by atoms with Gasteiger partial charge in [-0.05, 0) is 76.2 Å². The van der Waals surface area contributed by atoms with Gasteiger partial charge in [0.25, 0.3) is 5.91 Å². The third-order valence-corrected chi connectivity index (χ3v) is 7.65. The molecule has 1 unspecified atom stereocenters. The number of benzene rings is 1. The second-order valence-corrected chi connectivity index (χ2v) is 10.4. The molecule has 190 valence electrons. The second kappa shape index (κ2) is 10.9. The summed E-state index contributed by atoms with van der Waals surface area (Å²) >= 11 is 0. The lowest BCUT2D eigenvalue weighted by molar-refractivity contribution is -0.135. The van der Waals surface area contributed by atoms with Crippen LogP contribution in [-0.2, 0) is 16.0 Å². The van der Waals surface area contributed by atoms with Crippen LogP contribution in [0.15, 0.2) is 35.9 Å². The van der Waals surface area contributed by atoms with Crippen molar-refractivity contribution in [1.29, 1.82) is 0 Å². The number of carbonyl (C=O) groups is 3. The molecule has 0 saturated carbocycles. The largest absolute Gasteiger partial charge is 0.342 e. The van der Waals surface area contributed by atoms with Crippen LogP contribution >= 0.6 is 0 Å². The molecule has 2 fully saturated rings. The molecule has 3 aliphatic rings. The first-order valence-electron chi connectivity index (χ1n) is 12.8. The quantitative estimate of drug-likeness (QED) is 0.454. The molecule has 1 aromatic carbocycles. The van der Waals surface area contributed by atoms with E-state index in [0.717, 1.165) is 19.3 Å². The molecule has 1 aliphatic carbocycles. The monoisotopic (exact) mass is 484 g/mol. The molecule has 8 heteroatoms. The molecule has 1 atom stereocenters. The summed E-state index contributed by atoms with van der Waals surface area (Å²) in [4.78, 5) is 44.7. The predicted molar refractivity (Wildman–Crippen MR) is 132 cm³/mol. The summed E-state index contributed by atoms with van der Waals surface area (Å²) in [7, 11) is 3.79. The van der Waals surface area contributed by atoms with Gasteiger partial charge in [0, 0.05) is 39.0 Å². The fourth-order valence-corrected chi connectivity index (χ4v) is 5.65. The zero-order valence-electron chi connectivity index (χ0n) is 20.9. The van der Waals surface area contributed by atoms with Crippen molar-refractivity contribution in [2.24, 2.45) is 5.92 Å². The van der Waals surface area contributed by atoms with E-state index in [1.54, 1.807) is 12.1 Å². The van der Waals surface area contributed by atoms with Gasteiger partial charge in [-0.2, -0.15) is 0 Å². The van der Waals surface area contributed by atoms with Crippen LogP contribution in [0, 0.1) is 11.7 Å². The third kappa shape index (κ3) is 5.74. The number of piperidine rings is 1. The normalized spacial score (nSPS) is 23.6. The number of nitrogens with one attached hydrogen (secondary N) is 1. The van der Waals surface area contributed by atoms with Gasteiger partial charge in [-0.15, -0.1) is 0 Å². The van der Waals surface area contributed by atoms with E-state index < -0.39 is 11.6 Å². The van der Waals surface area contributed by atoms with Gasteiger partial charge in [0.05, 0.1) is 0 Å². The van der Waals surface area contributed by atoms with E-state index in [4.69, 9.17) is 0 Å². The van der Waals surface area contributed by atoms with Crippen molar-refractivity contribution in [3.05, 3.63) is 47.3 Å². The Hall–Kier alpha value is -2.74. The molecule has 0 aromatic heterocycles. The van der Waals surface area contributed by atoms with Gasteiger partial charge in [-0.3, -0.25) is 14.5 Å². The topological polar surface area (TPSA) is 73.0 Å². The minimum atomic E-state index is -1.13. The maximum absolute atomic E-state index is 14.0. The van der Waals surface area contributed by atoms with E-state index >= 15 is 0 Å². The fourth-order valence-electron chi connectivity index (χ4n) is 5.65. The van der Waals surface area contributed by atoms with E-state index in [1.807, 2.05) is 23.9 Å². The van der Waals surface area contributed by atoms with Crippen LogP contribution in [0.2, 0.25) is 0 Å². The van der Waals surface area contributed by atoms with E-state index in [-0.39, 0.29) is 30.0 Å². The molecule has 4 amide bonds. The van der Waals surface area contributed by atoms with E-state index in [9.17, 15) is 18.8 Å². The molecule has 1 aromatic rings. The van der Waals surface area contributed by atoms with Crippen molar-refractivity contribution in [3.63, 3.8) is 0 Å². The maximum Gasteiger partial charge on any atom is 0.325 e. The number of urea groups is 1. The molecular weight excluding hydrogens is 447 g/mol. The Kier molecular flexibility index (Phi) is 7.89. The first-order chi connectivity index (χ1) is 16.8. The smallest absolute Gasteiger partial charge is 0.325 e. The number of rotatable bonds is 8. The van der Waals surface area contributed by atoms with Gasteiger partial charge in [-0.1, -0.05) is 23.8 Å². The zero-order chi connectivity index (χ0) is 25.0. The molecule has 1 N–H and O–H groups in total. The Morgan fingerprint density at radius 3 is 2.63 bits per heavy atom. The Morgan fingerprint density at radius 1 is 1.20 bits per heavy atom. The molecule has 35 heavy (non-hydrogen) atoms. The predicted octanol–water partition coefficient (Wildman–Crippen LogP) is 3.35. The van der Waals surface area contributed by atoms with E-state index in [1.165, 1.54) is 29.0 Å². The summed E-state index contributed by atoms with van der Waals surface area (Å²) in [5.41, 5.74) is 0.787. The van der Waals surface area contributed by atoms with Crippen molar-refractivity contribution in [2.45, 2.75) is 56.9 Å². The molecule has 0 radical (unpaired) electrons. The van der Waals surface area contributed by atoms with Crippen LogP contribution in [0.5, 0.6) is 0 Å². The van der Waals surface area contributed by atoms with Gasteiger partial charge in [0.1, 0.15) is 11.4 Å². The van der Waals surface area contributed by atoms with Crippen LogP contribution in [-0.4, -0.2) is 78.4 Å². The highest BCUT2D eigenvalue weighted by atomic mass is 19.1. The summed E-state index contributed by atoms with van der Waals surface area (Å²) in [6, 6.07) is 5.84. The lowest BCUT2D eigenvalue weighted by atomic mass is 9.73.